The smallest absolute Gasteiger partial charge is 0.0708 e. The molecule has 0 unspecified atom stereocenters. The van der Waals surface area contributed by atoms with Crippen LogP contribution in [-0.2, 0) is 0 Å². The molecular weight excluding hydrogens is 218 g/mol. The van der Waals surface area contributed by atoms with E-state index in [4.69, 9.17) is 0 Å². The molecule has 18 heavy (non-hydrogen) atoms. The average Bonchev–Trinajstić information content (AvgIpc) is 2.46. The molecule has 1 aromatic heterocycles. The summed E-state index contributed by atoms with van der Waals surface area (Å²) in [5.74, 6) is 0. The zero-order valence-corrected chi connectivity index (χ0v) is 9.88. The van der Waals surface area contributed by atoms with Crippen LogP contribution in [0.2, 0.25) is 0 Å². The normalized spacial score (nSPS) is 11.1. The molecule has 1 radical (unpaired) electrons. The van der Waals surface area contributed by atoms with Gasteiger partial charge in [0, 0.05) is 11.6 Å². The third-order valence-corrected chi connectivity index (χ3v) is 2.88. The molecule has 1 heterocycles. The van der Waals surface area contributed by atoms with Gasteiger partial charge in [0.25, 0.3) is 0 Å². The number of hydrogen-bond acceptors (Lipinski definition) is 1. The van der Waals surface area contributed by atoms with Crippen molar-refractivity contribution in [2.45, 2.75) is 0 Å². The first-order valence-electron chi connectivity index (χ1n) is 5.91. The zero-order chi connectivity index (χ0) is 12.2. The van der Waals surface area contributed by atoms with Crippen molar-refractivity contribution in [2.75, 3.05) is 0 Å². The van der Waals surface area contributed by atoms with Gasteiger partial charge in [0.15, 0.2) is 0 Å². The summed E-state index contributed by atoms with van der Waals surface area (Å²) >= 11 is 0. The number of benzene rings is 2. The highest BCUT2D eigenvalue weighted by molar-refractivity contribution is 5.90. The molecule has 0 amide bonds. The number of hydrogen-bond donors (Lipinski definition) is 0. The first-order valence-corrected chi connectivity index (χ1v) is 5.91. The Kier molecular flexibility index (Phi) is 2.89. The van der Waals surface area contributed by atoms with Gasteiger partial charge in [-0.25, -0.2) is 0 Å². The Hall–Kier alpha value is -2.41. The molecule has 0 bridgehead atoms. The molecule has 0 aliphatic heterocycles. The lowest BCUT2D eigenvalue weighted by molar-refractivity contribution is 1.33. The van der Waals surface area contributed by atoms with E-state index in [1.165, 1.54) is 10.8 Å². The van der Waals surface area contributed by atoms with Gasteiger partial charge in [-0.15, -0.1) is 0 Å². The maximum absolute atomic E-state index is 4.43. The summed E-state index contributed by atoms with van der Waals surface area (Å²) in [5.41, 5.74) is 2.16. The highest BCUT2D eigenvalue weighted by atomic mass is 14.7. The number of aromatic nitrogens is 1. The van der Waals surface area contributed by atoms with E-state index in [0.29, 0.717) is 0 Å². The van der Waals surface area contributed by atoms with Gasteiger partial charge in [0.1, 0.15) is 0 Å². The van der Waals surface area contributed by atoms with Crippen molar-refractivity contribution in [1.29, 1.82) is 0 Å². The van der Waals surface area contributed by atoms with E-state index in [1.54, 1.807) is 0 Å². The van der Waals surface area contributed by atoms with Crippen molar-refractivity contribution in [3.63, 3.8) is 0 Å². The predicted octanol–water partition coefficient (Wildman–Crippen LogP) is 4.21. The molecule has 0 saturated carbocycles. The quantitative estimate of drug-likeness (QED) is 0.642. The maximum Gasteiger partial charge on any atom is 0.0708 e. The Morgan fingerprint density at radius 2 is 1.72 bits per heavy atom. The molecule has 3 rings (SSSR count). The number of nitrogens with zero attached hydrogens (tertiary/aromatic N) is 1. The lowest BCUT2D eigenvalue weighted by Gasteiger charge is -2.00. The second-order valence-corrected chi connectivity index (χ2v) is 4.08. The minimum atomic E-state index is 1.00. The summed E-state index contributed by atoms with van der Waals surface area (Å²) in [7, 11) is 0. The third kappa shape index (κ3) is 2.16. The van der Waals surface area contributed by atoms with Gasteiger partial charge in [-0.2, -0.15) is 0 Å². The van der Waals surface area contributed by atoms with Gasteiger partial charge in [0.05, 0.1) is 5.69 Å². The van der Waals surface area contributed by atoms with Crippen LogP contribution >= 0.6 is 0 Å². The standard InChI is InChI=1S/C17H12N/c1-2-6-14(7-3-1)10-11-17-16-9-5-4-8-15(16)12-13-18-17/h2-13H. The number of pyridine rings is 1. The zero-order valence-electron chi connectivity index (χ0n) is 9.88. The number of rotatable bonds is 2. The predicted molar refractivity (Wildman–Crippen MR) is 75.9 cm³/mol. The molecule has 0 N–H and O–H groups in total. The molecule has 0 aliphatic carbocycles. The summed E-state index contributed by atoms with van der Waals surface area (Å²) in [6, 6.07) is 21.2. The minimum Gasteiger partial charge on any atom is -0.256 e. The monoisotopic (exact) mass is 230 g/mol. The Morgan fingerprint density at radius 1 is 0.889 bits per heavy atom. The van der Waals surface area contributed by atoms with Crippen LogP contribution in [0.5, 0.6) is 0 Å². The van der Waals surface area contributed by atoms with Gasteiger partial charge < -0.3 is 0 Å². The van der Waals surface area contributed by atoms with E-state index in [1.807, 2.05) is 48.7 Å². The van der Waals surface area contributed by atoms with Crippen LogP contribution in [0.15, 0.2) is 60.8 Å². The first kappa shape index (κ1) is 10.7. The van der Waals surface area contributed by atoms with E-state index >= 15 is 0 Å². The average molecular weight is 230 g/mol. The molecule has 0 saturated heterocycles. The van der Waals surface area contributed by atoms with Crippen molar-refractivity contribution < 1.29 is 0 Å². The van der Waals surface area contributed by atoms with Crippen molar-refractivity contribution in [3.05, 3.63) is 78.1 Å². The molecule has 0 atom stereocenters. The topological polar surface area (TPSA) is 12.9 Å². The molecule has 1 heteroatoms. The summed E-state index contributed by atoms with van der Waals surface area (Å²) in [5, 5.41) is 2.40. The second kappa shape index (κ2) is 4.84. The molecule has 3 aromatic rings. The molecule has 2 aromatic carbocycles. The molecule has 85 valence electrons. The molecule has 0 aliphatic rings. The lowest BCUT2D eigenvalue weighted by Crippen LogP contribution is -1.82. The molecule has 1 nitrogen and oxygen atoms in total. The van der Waals surface area contributed by atoms with Crippen molar-refractivity contribution in [3.8, 4) is 0 Å². The molecule has 0 spiro atoms. The molecule has 0 fully saturated rings. The summed E-state index contributed by atoms with van der Waals surface area (Å²) in [6.45, 7) is 0. The maximum atomic E-state index is 4.43. The van der Waals surface area contributed by atoms with E-state index < -0.39 is 0 Å². The van der Waals surface area contributed by atoms with Crippen molar-refractivity contribution in [2.24, 2.45) is 0 Å². The minimum absolute atomic E-state index is 1.00. The van der Waals surface area contributed by atoms with E-state index in [9.17, 15) is 0 Å². The Morgan fingerprint density at radius 3 is 2.61 bits per heavy atom. The SMILES string of the molecule is [c]1ccc(C=Cc2nccc3ccccc23)cc1. The van der Waals surface area contributed by atoms with Gasteiger partial charge in [-0.05, 0) is 29.2 Å². The molecular formula is C17H12N. The van der Waals surface area contributed by atoms with Crippen LogP contribution in [0, 0.1) is 6.07 Å². The summed E-state index contributed by atoms with van der Waals surface area (Å²) in [4.78, 5) is 4.43. The van der Waals surface area contributed by atoms with Gasteiger partial charge >= 0.3 is 0 Å². The summed E-state index contributed by atoms with van der Waals surface area (Å²) < 4.78 is 0. The second-order valence-electron chi connectivity index (χ2n) is 4.08. The third-order valence-electron chi connectivity index (χ3n) is 2.88. The van der Waals surface area contributed by atoms with Crippen LogP contribution in [0.1, 0.15) is 11.3 Å². The van der Waals surface area contributed by atoms with Crippen LogP contribution in [0.3, 0.4) is 0 Å². The van der Waals surface area contributed by atoms with Crippen LogP contribution < -0.4 is 0 Å². The van der Waals surface area contributed by atoms with Gasteiger partial charge in [-0.1, -0.05) is 54.6 Å². The van der Waals surface area contributed by atoms with E-state index in [-0.39, 0.29) is 0 Å². The largest absolute Gasteiger partial charge is 0.256 e. The fourth-order valence-corrected chi connectivity index (χ4v) is 1.96. The van der Waals surface area contributed by atoms with E-state index in [2.05, 4.69) is 35.3 Å². The van der Waals surface area contributed by atoms with Crippen LogP contribution in [0.4, 0.5) is 0 Å². The van der Waals surface area contributed by atoms with Crippen LogP contribution in [-0.4, -0.2) is 4.98 Å². The first-order chi connectivity index (χ1) is 8.93. The highest BCUT2D eigenvalue weighted by Crippen LogP contribution is 2.18. The Bertz CT molecular complexity index is 679. The number of fused-ring (bicyclic) bond motifs is 1. The Labute approximate surface area is 106 Å². The Balaban J connectivity index is 2.03. The van der Waals surface area contributed by atoms with Gasteiger partial charge in [-0.3, -0.25) is 4.98 Å². The summed E-state index contributed by atoms with van der Waals surface area (Å²) in [6.07, 6.45) is 5.97. The fraction of sp³-hybridized carbons (Fsp3) is 0. The van der Waals surface area contributed by atoms with Crippen molar-refractivity contribution in [1.82, 2.24) is 4.98 Å². The van der Waals surface area contributed by atoms with Crippen LogP contribution in [0.25, 0.3) is 22.9 Å². The van der Waals surface area contributed by atoms with Gasteiger partial charge in [0.2, 0.25) is 0 Å². The fourth-order valence-electron chi connectivity index (χ4n) is 1.96. The highest BCUT2D eigenvalue weighted by Gasteiger charge is 1.97. The van der Waals surface area contributed by atoms with Crippen molar-refractivity contribution >= 4 is 22.9 Å². The van der Waals surface area contributed by atoms with E-state index in [0.717, 1.165) is 11.3 Å². The lowest BCUT2D eigenvalue weighted by atomic mass is 10.1.